The third-order valence-electron chi connectivity index (χ3n) is 6.09. The molecule has 0 atom stereocenters. The zero-order chi connectivity index (χ0) is 20.0. The first kappa shape index (κ1) is 18.7. The SMILES string of the molecule is O=C(c1nn(C2CCCCC2)c2c1CS(=O)(=O)c1ncccc1-2)N1CCOCC1. The van der Waals surface area contributed by atoms with Crippen LogP contribution in [0.15, 0.2) is 23.4 Å². The van der Waals surface area contributed by atoms with Gasteiger partial charge in [0.15, 0.2) is 10.7 Å². The van der Waals surface area contributed by atoms with Crippen molar-refractivity contribution in [2.24, 2.45) is 0 Å². The van der Waals surface area contributed by atoms with Crippen molar-refractivity contribution in [2.75, 3.05) is 26.3 Å². The largest absolute Gasteiger partial charge is 0.378 e. The van der Waals surface area contributed by atoms with E-state index < -0.39 is 9.84 Å². The number of hydrogen-bond acceptors (Lipinski definition) is 6. The molecule has 0 N–H and O–H groups in total. The molecule has 2 fully saturated rings. The van der Waals surface area contributed by atoms with Crippen molar-refractivity contribution >= 4 is 15.7 Å². The Morgan fingerprint density at radius 2 is 1.90 bits per heavy atom. The van der Waals surface area contributed by atoms with E-state index in [4.69, 9.17) is 9.84 Å². The summed E-state index contributed by atoms with van der Waals surface area (Å²) in [6.07, 6.45) is 6.91. The van der Waals surface area contributed by atoms with Gasteiger partial charge < -0.3 is 9.64 Å². The van der Waals surface area contributed by atoms with Crippen molar-refractivity contribution in [2.45, 2.75) is 48.9 Å². The molecule has 2 aromatic heterocycles. The first-order chi connectivity index (χ1) is 14.1. The Kier molecular flexibility index (Phi) is 4.66. The standard InChI is InChI=1S/C20H24N4O4S/c25-20(23-9-11-28-12-10-23)17-16-13-29(26,27)19-15(7-4-8-21-19)18(16)24(22-17)14-5-2-1-3-6-14/h4,7-8,14H,1-3,5-6,9-13H2. The highest BCUT2D eigenvalue weighted by molar-refractivity contribution is 7.90. The van der Waals surface area contributed by atoms with Crippen LogP contribution in [-0.2, 0) is 20.3 Å². The number of morpholine rings is 1. The minimum Gasteiger partial charge on any atom is -0.378 e. The Morgan fingerprint density at radius 1 is 1.14 bits per heavy atom. The number of rotatable bonds is 2. The highest BCUT2D eigenvalue weighted by atomic mass is 32.2. The second-order valence-corrected chi connectivity index (χ2v) is 9.84. The monoisotopic (exact) mass is 416 g/mol. The van der Waals surface area contributed by atoms with E-state index in [-0.39, 0.29) is 28.4 Å². The van der Waals surface area contributed by atoms with Crippen LogP contribution in [0.1, 0.15) is 54.2 Å². The summed E-state index contributed by atoms with van der Waals surface area (Å²) in [6, 6.07) is 3.70. The topological polar surface area (TPSA) is 94.4 Å². The van der Waals surface area contributed by atoms with E-state index in [0.717, 1.165) is 31.4 Å². The molecule has 154 valence electrons. The highest BCUT2D eigenvalue weighted by Gasteiger charge is 2.39. The maximum atomic E-state index is 13.3. The van der Waals surface area contributed by atoms with Crippen LogP contribution in [-0.4, -0.2) is 60.3 Å². The predicted octanol–water partition coefficient (Wildman–Crippen LogP) is 2.21. The molecule has 3 aliphatic rings. The molecule has 0 spiro atoms. The van der Waals surface area contributed by atoms with Crippen molar-refractivity contribution in [1.82, 2.24) is 19.7 Å². The van der Waals surface area contributed by atoms with Gasteiger partial charge in [0.05, 0.1) is 30.7 Å². The fourth-order valence-electron chi connectivity index (χ4n) is 4.65. The lowest BCUT2D eigenvalue weighted by atomic mass is 9.95. The molecule has 2 aromatic rings. The Balaban J connectivity index is 1.68. The number of nitrogens with zero attached hydrogens (tertiary/aromatic N) is 4. The Morgan fingerprint density at radius 3 is 2.66 bits per heavy atom. The Bertz CT molecular complexity index is 1050. The van der Waals surface area contributed by atoms with E-state index in [1.807, 2.05) is 4.68 Å². The minimum atomic E-state index is -3.62. The van der Waals surface area contributed by atoms with E-state index in [0.29, 0.717) is 37.4 Å². The van der Waals surface area contributed by atoms with Gasteiger partial charge in [-0.15, -0.1) is 0 Å². The lowest BCUT2D eigenvalue weighted by molar-refractivity contribution is 0.0297. The maximum absolute atomic E-state index is 13.3. The number of ether oxygens (including phenoxy) is 1. The van der Waals surface area contributed by atoms with E-state index in [1.54, 1.807) is 17.0 Å². The first-order valence-corrected chi connectivity index (χ1v) is 11.9. The average Bonchev–Trinajstić information content (AvgIpc) is 3.13. The van der Waals surface area contributed by atoms with Crippen molar-refractivity contribution in [1.29, 1.82) is 0 Å². The van der Waals surface area contributed by atoms with Crippen molar-refractivity contribution in [3.8, 4) is 11.3 Å². The zero-order valence-corrected chi connectivity index (χ0v) is 17.0. The molecule has 1 aliphatic carbocycles. The van der Waals surface area contributed by atoms with Gasteiger partial charge in [0.1, 0.15) is 0 Å². The normalized spacial score (nSPS) is 21.4. The molecule has 0 bridgehead atoms. The molecule has 5 rings (SSSR count). The number of amides is 1. The summed E-state index contributed by atoms with van der Waals surface area (Å²) in [5, 5.41) is 4.84. The molecule has 8 nitrogen and oxygen atoms in total. The Hall–Kier alpha value is -2.26. The summed E-state index contributed by atoms with van der Waals surface area (Å²) in [7, 11) is -3.62. The van der Waals surface area contributed by atoms with Gasteiger partial charge in [-0.2, -0.15) is 5.10 Å². The van der Waals surface area contributed by atoms with Gasteiger partial charge >= 0.3 is 0 Å². The summed E-state index contributed by atoms with van der Waals surface area (Å²) in [6.45, 7) is 1.97. The maximum Gasteiger partial charge on any atom is 0.274 e. The minimum absolute atomic E-state index is 0.0924. The number of fused-ring (bicyclic) bond motifs is 3. The summed E-state index contributed by atoms with van der Waals surface area (Å²) in [4.78, 5) is 19.1. The third kappa shape index (κ3) is 3.16. The molecule has 0 unspecified atom stereocenters. The molecule has 9 heteroatoms. The molecule has 1 amide bonds. The number of carbonyl (C=O) groups is 1. The quantitative estimate of drug-likeness (QED) is 0.745. The summed E-state index contributed by atoms with van der Waals surface area (Å²) < 4.78 is 33.1. The van der Waals surface area contributed by atoms with E-state index in [2.05, 4.69) is 4.98 Å². The van der Waals surface area contributed by atoms with Crippen molar-refractivity contribution in [3.05, 3.63) is 29.6 Å². The van der Waals surface area contributed by atoms with Gasteiger partial charge in [-0.05, 0) is 25.0 Å². The van der Waals surface area contributed by atoms with Gasteiger partial charge in [-0.1, -0.05) is 19.3 Å². The fourth-order valence-corrected chi connectivity index (χ4v) is 6.16. The summed E-state index contributed by atoms with van der Waals surface area (Å²) >= 11 is 0. The van der Waals surface area contributed by atoms with Gasteiger partial charge in [0.2, 0.25) is 9.84 Å². The molecule has 4 heterocycles. The summed E-state index contributed by atoms with van der Waals surface area (Å²) in [5.74, 6) is -0.438. The highest BCUT2D eigenvalue weighted by Crippen LogP contribution is 2.42. The van der Waals surface area contributed by atoms with Crippen molar-refractivity contribution < 1.29 is 17.9 Å². The van der Waals surface area contributed by atoms with E-state index in [1.165, 1.54) is 12.6 Å². The first-order valence-electron chi connectivity index (χ1n) is 10.2. The average molecular weight is 417 g/mol. The number of pyridine rings is 1. The molecule has 1 saturated carbocycles. The van der Waals surface area contributed by atoms with Crippen LogP contribution in [0.2, 0.25) is 0 Å². The van der Waals surface area contributed by atoms with Crippen molar-refractivity contribution in [3.63, 3.8) is 0 Å². The van der Waals surface area contributed by atoms with Crippen LogP contribution in [0.5, 0.6) is 0 Å². The van der Waals surface area contributed by atoms with Crippen LogP contribution in [0.4, 0.5) is 0 Å². The lowest BCUT2D eigenvalue weighted by Gasteiger charge is -2.26. The van der Waals surface area contributed by atoms with Gasteiger partial charge in [-0.3, -0.25) is 9.48 Å². The molecule has 2 aliphatic heterocycles. The number of aromatic nitrogens is 3. The zero-order valence-electron chi connectivity index (χ0n) is 16.2. The van der Waals surface area contributed by atoms with Crippen LogP contribution in [0, 0.1) is 0 Å². The lowest BCUT2D eigenvalue weighted by Crippen LogP contribution is -2.41. The van der Waals surface area contributed by atoms with Crippen LogP contribution >= 0.6 is 0 Å². The van der Waals surface area contributed by atoms with Crippen LogP contribution in [0.3, 0.4) is 0 Å². The molecular weight excluding hydrogens is 392 g/mol. The van der Waals surface area contributed by atoms with E-state index >= 15 is 0 Å². The predicted molar refractivity (Wildman–Crippen MR) is 105 cm³/mol. The second kappa shape index (κ2) is 7.21. The molecule has 0 radical (unpaired) electrons. The number of hydrogen-bond donors (Lipinski definition) is 0. The van der Waals surface area contributed by atoms with Gasteiger partial charge in [-0.25, -0.2) is 13.4 Å². The second-order valence-electron chi connectivity index (χ2n) is 7.93. The summed E-state index contributed by atoms with van der Waals surface area (Å²) in [5.41, 5.74) is 2.11. The van der Waals surface area contributed by atoms with Crippen LogP contribution < -0.4 is 0 Å². The Labute approximate surface area is 169 Å². The van der Waals surface area contributed by atoms with Gasteiger partial charge in [0, 0.05) is 30.4 Å². The molecular formula is C20H24N4O4S. The van der Waals surface area contributed by atoms with Crippen LogP contribution in [0.25, 0.3) is 11.3 Å². The van der Waals surface area contributed by atoms with Gasteiger partial charge in [0.25, 0.3) is 5.91 Å². The smallest absolute Gasteiger partial charge is 0.274 e. The number of sulfone groups is 1. The molecule has 29 heavy (non-hydrogen) atoms. The number of carbonyl (C=O) groups excluding carboxylic acids is 1. The molecule has 1 saturated heterocycles. The fraction of sp³-hybridized carbons (Fsp3) is 0.550. The third-order valence-corrected chi connectivity index (χ3v) is 7.67. The molecule has 0 aromatic carbocycles. The van der Waals surface area contributed by atoms with E-state index in [9.17, 15) is 13.2 Å².